The molecular weight excluding hydrogens is 1430 g/mol. The van der Waals surface area contributed by atoms with Gasteiger partial charge in [0.1, 0.15) is 69.2 Å². The van der Waals surface area contributed by atoms with E-state index in [9.17, 15) is 5.26 Å². The average molecular weight is 1500 g/mol. The third kappa shape index (κ3) is 13.3. The molecule has 0 aliphatic rings. The van der Waals surface area contributed by atoms with Crippen LogP contribution >= 0.6 is 0 Å². The van der Waals surface area contributed by atoms with Gasteiger partial charge in [-0.3, -0.25) is 0 Å². The van der Waals surface area contributed by atoms with Gasteiger partial charge in [0, 0.05) is 129 Å². The molecule has 20 aromatic rings. The topological polar surface area (TPSA) is 191 Å². The van der Waals surface area contributed by atoms with Crippen LogP contribution in [0, 0.1) is 72.2 Å². The predicted molar refractivity (Wildman–Crippen MR) is 444 cm³/mol. The molecule has 0 saturated heterocycles. The van der Waals surface area contributed by atoms with Gasteiger partial charge in [-0.25, -0.2) is 57.3 Å². The van der Waals surface area contributed by atoms with E-state index in [2.05, 4.69) is 139 Å². The molecule has 0 radical (unpaired) electrons. The van der Waals surface area contributed by atoms with E-state index in [0.29, 0.717) is 62.6 Å². The Morgan fingerprint density at radius 2 is 0.817 bits per heavy atom. The minimum absolute atomic E-state index is 0.347. The molecule has 115 heavy (non-hydrogen) atoms. The zero-order valence-corrected chi connectivity index (χ0v) is 64.3. The van der Waals surface area contributed by atoms with Crippen molar-refractivity contribution in [2.45, 2.75) is 34.6 Å². The number of hydrogen-bond donors (Lipinski definition) is 0. The minimum Gasteiger partial charge on any atom is -0.439 e. The molecule has 0 unspecified atom stereocenters. The number of hydrogen-bond acceptors (Lipinski definition) is 11. The normalized spacial score (nSPS) is 11.0. The maximum atomic E-state index is 9.47. The van der Waals surface area contributed by atoms with Crippen molar-refractivity contribution in [2.75, 3.05) is 0 Å². The lowest BCUT2D eigenvalue weighted by Crippen LogP contribution is -2.30. The number of rotatable bonds is 5. The molecule has 0 aliphatic carbocycles. The highest BCUT2D eigenvalue weighted by molar-refractivity contribution is 6.17. The number of nitrogens with zero attached hydrogens (tertiary/aromatic N) is 15. The standard InChI is InChI=1S/5C19H14N3O/c1-12-11-15-17(13-7-6-9-21-19(13)23-15)18(20-2)16(12)14-8-4-5-10-22(14)3;1-12-7-9-15-18(17(12)14-6-4-5-11-22(14)3)13-8-10-16(20-2)21-19(13)23-15;1-12-10-17-14(11-13(12)16-6-4-5-9-22(16)3)18-15(20-2)7-8-21-19(18)23-17;1-12-7-8-16-18(17(12)15-6-4-5-9-22(15)3)14-10-13(20-2)11-21-19(14)23-16;1-12-6-7-15-18(16(12)14-5-3-4-10-22(14)2)17-13(11-20)8-9-21-19(17)23-15/h4*4-11H,1,3H3;3-10H,1-2H3/q5*+1. The monoisotopic (exact) mass is 1500 g/mol. The molecule has 0 atom stereocenters. The summed E-state index contributed by atoms with van der Waals surface area (Å²) in [5.74, 6) is 0.347. The quantitative estimate of drug-likeness (QED) is 0.118. The Morgan fingerprint density at radius 1 is 0.339 bits per heavy atom. The number of furan rings is 5. The van der Waals surface area contributed by atoms with Crippen molar-refractivity contribution >= 4 is 133 Å². The summed E-state index contributed by atoms with van der Waals surface area (Å²) in [6.45, 7) is 39.8. The Labute approximate surface area is 659 Å². The Kier molecular flexibility index (Phi) is 19.4. The first-order chi connectivity index (χ1) is 56.0. The van der Waals surface area contributed by atoms with Crippen LogP contribution in [0.15, 0.2) is 266 Å². The van der Waals surface area contributed by atoms with Gasteiger partial charge in [-0.2, -0.15) is 5.26 Å². The predicted octanol–water partition coefficient (Wildman–Crippen LogP) is 21.0. The van der Waals surface area contributed by atoms with Crippen molar-refractivity contribution in [1.29, 1.82) is 5.26 Å². The van der Waals surface area contributed by atoms with E-state index in [0.717, 1.165) is 155 Å². The summed E-state index contributed by atoms with van der Waals surface area (Å²) in [6, 6.07) is 63.7. The van der Waals surface area contributed by atoms with E-state index in [-0.39, 0.29) is 0 Å². The van der Waals surface area contributed by atoms with Crippen LogP contribution in [0.3, 0.4) is 0 Å². The van der Waals surface area contributed by atoms with Gasteiger partial charge in [-0.05, 0) is 166 Å². The van der Waals surface area contributed by atoms with Crippen LogP contribution in [0.25, 0.3) is 186 Å². The lowest BCUT2D eigenvalue weighted by atomic mass is 9.97. The summed E-state index contributed by atoms with van der Waals surface area (Å²) in [7, 11) is 10.1. The second-order valence-corrected chi connectivity index (χ2v) is 27.9. The van der Waals surface area contributed by atoms with Gasteiger partial charge >= 0.3 is 5.71 Å². The van der Waals surface area contributed by atoms with E-state index in [1.165, 1.54) is 5.56 Å². The number of aromatic nitrogens is 10. The number of fused-ring (bicyclic) bond motifs is 15. The fraction of sp³-hybridized carbons (Fsp3) is 0.105. The van der Waals surface area contributed by atoms with E-state index < -0.39 is 0 Å². The molecule has 0 amide bonds. The molecule has 0 N–H and O–H groups in total. The van der Waals surface area contributed by atoms with Crippen LogP contribution in [0.5, 0.6) is 0 Å². The lowest BCUT2D eigenvalue weighted by molar-refractivity contribution is -0.660. The highest BCUT2D eigenvalue weighted by Gasteiger charge is 2.28. The molecule has 15 aromatic heterocycles. The van der Waals surface area contributed by atoms with Gasteiger partial charge < -0.3 is 26.9 Å². The highest BCUT2D eigenvalue weighted by atomic mass is 16.4. The molecular formula is C95H70N15O5+5. The fourth-order valence-corrected chi connectivity index (χ4v) is 15.2. The molecule has 0 fully saturated rings. The van der Waals surface area contributed by atoms with Crippen molar-refractivity contribution in [3.05, 3.63) is 323 Å². The van der Waals surface area contributed by atoms with E-state index in [1.807, 2.05) is 205 Å². The largest absolute Gasteiger partial charge is 0.439 e. The number of benzene rings is 5. The first-order valence-corrected chi connectivity index (χ1v) is 36.7. The smallest absolute Gasteiger partial charge is 0.322 e. The van der Waals surface area contributed by atoms with Crippen molar-refractivity contribution in [3.8, 4) is 62.4 Å². The first kappa shape index (κ1) is 73.2. The van der Waals surface area contributed by atoms with Gasteiger partial charge in [-0.15, -0.1) is 0 Å². The van der Waals surface area contributed by atoms with Gasteiger partial charge in [0.15, 0.2) is 31.0 Å². The van der Waals surface area contributed by atoms with Crippen molar-refractivity contribution in [2.24, 2.45) is 35.2 Å². The fourth-order valence-electron chi connectivity index (χ4n) is 15.2. The Hall–Kier alpha value is -16.0. The molecule has 20 nitrogen and oxygen atoms in total. The first-order valence-electron chi connectivity index (χ1n) is 36.7. The third-order valence-electron chi connectivity index (χ3n) is 20.7. The van der Waals surface area contributed by atoms with Crippen molar-refractivity contribution in [3.63, 3.8) is 0 Å². The summed E-state index contributed by atoms with van der Waals surface area (Å²) in [6.07, 6.45) is 16.6. The van der Waals surface area contributed by atoms with E-state index >= 15 is 0 Å². The summed E-state index contributed by atoms with van der Waals surface area (Å²) in [5, 5.41) is 18.5. The highest BCUT2D eigenvalue weighted by Crippen LogP contribution is 2.46. The van der Waals surface area contributed by atoms with Crippen LogP contribution in [0.2, 0.25) is 0 Å². The summed E-state index contributed by atoms with van der Waals surface area (Å²) in [4.78, 5) is 35.7. The van der Waals surface area contributed by atoms with Gasteiger partial charge in [0.2, 0.25) is 68.4 Å². The zero-order chi connectivity index (χ0) is 79.9. The Balaban J connectivity index is 0.000000108. The molecule has 0 spiro atoms. The molecule has 20 rings (SSSR count). The SMILES string of the molecule is Cc1ccc2oc3nccc(C#N)c3c2c1-c1cccc[n+]1C.[C-]#[N+]c1c(-c2cccc[n+]2C)c(C)cc2oc3ncccc3c12.[C-]#[N+]c1ccc2c(n1)oc1ccc(C)c(-c3cccc[n+]3C)c12.[C-]#[N+]c1ccnc2oc3cc(C)c(-c4cccc[n+]4C)cc3c12.[C-]#[N+]c1cnc2oc3ccc(C)c(-c4cccc[n+]4C)c3c2c1. The maximum Gasteiger partial charge on any atom is 0.322 e. The second kappa shape index (κ2) is 30.5. The molecule has 0 bridgehead atoms. The van der Waals surface area contributed by atoms with Crippen LogP contribution in [0.4, 0.5) is 22.9 Å². The molecule has 5 aromatic carbocycles. The summed E-state index contributed by atoms with van der Waals surface area (Å²) >= 11 is 0. The van der Waals surface area contributed by atoms with Crippen molar-refractivity contribution in [1.82, 2.24) is 24.9 Å². The number of pyridine rings is 10. The molecule has 15 heterocycles. The van der Waals surface area contributed by atoms with E-state index in [1.54, 1.807) is 43.0 Å². The summed E-state index contributed by atoms with van der Waals surface area (Å²) in [5.41, 5.74) is 25.2. The van der Waals surface area contributed by atoms with Gasteiger partial charge in [0.05, 0.1) is 63.7 Å². The zero-order valence-electron chi connectivity index (χ0n) is 64.3. The second-order valence-electron chi connectivity index (χ2n) is 27.9. The molecule has 20 heteroatoms. The lowest BCUT2D eigenvalue weighted by Gasteiger charge is -2.07. The van der Waals surface area contributed by atoms with E-state index in [4.69, 9.17) is 48.4 Å². The van der Waals surface area contributed by atoms with Crippen molar-refractivity contribution < 1.29 is 44.9 Å². The molecule has 0 saturated carbocycles. The van der Waals surface area contributed by atoms with Crippen LogP contribution < -0.4 is 22.8 Å². The Bertz CT molecular complexity index is 7590. The minimum atomic E-state index is 0.347. The maximum absolute atomic E-state index is 9.47. The Morgan fingerprint density at radius 3 is 1.37 bits per heavy atom. The molecule has 0 aliphatic heterocycles. The number of nitriles is 1. The molecule has 550 valence electrons. The van der Waals surface area contributed by atoms with Crippen LogP contribution in [-0.4, -0.2) is 24.9 Å². The summed E-state index contributed by atoms with van der Waals surface area (Å²) < 4.78 is 39.7. The van der Waals surface area contributed by atoms with Gasteiger partial charge in [-0.1, -0.05) is 35.8 Å². The number of aryl methyl sites for hydroxylation is 10. The third-order valence-corrected chi connectivity index (χ3v) is 20.7. The van der Waals surface area contributed by atoms with Crippen LogP contribution in [-0.2, 0) is 35.2 Å². The van der Waals surface area contributed by atoms with Gasteiger partial charge in [0.25, 0.3) is 5.82 Å². The average Bonchev–Trinajstić information content (AvgIpc) is 1.60. The van der Waals surface area contributed by atoms with Crippen LogP contribution in [0.1, 0.15) is 33.4 Å².